The number of carbonyl (C=O) groups is 2. The Morgan fingerprint density at radius 2 is 2.11 bits per heavy atom. The number of carbonyl (C=O) groups excluding carboxylic acids is 2. The Bertz CT molecular complexity index is 934. The van der Waals surface area contributed by atoms with Crippen LogP contribution in [0.25, 0.3) is 10.9 Å². The molecule has 0 radical (unpaired) electrons. The van der Waals surface area contributed by atoms with Gasteiger partial charge in [0.1, 0.15) is 11.7 Å². The first-order valence-electron chi connectivity index (χ1n) is 9.31. The van der Waals surface area contributed by atoms with Crippen LogP contribution in [-0.2, 0) is 4.79 Å². The number of rotatable bonds is 4. The van der Waals surface area contributed by atoms with Crippen LogP contribution in [-0.4, -0.2) is 46.8 Å². The van der Waals surface area contributed by atoms with Gasteiger partial charge in [-0.3, -0.25) is 9.59 Å². The quantitative estimate of drug-likeness (QED) is 0.850. The zero-order chi connectivity index (χ0) is 19.4. The van der Waals surface area contributed by atoms with E-state index in [0.29, 0.717) is 25.1 Å². The number of aromatic amines is 1. The van der Waals surface area contributed by atoms with Crippen LogP contribution in [0, 0.1) is 12.3 Å². The molecule has 148 valence electrons. The maximum atomic E-state index is 13.6. The zero-order valence-corrected chi connectivity index (χ0v) is 15.4. The fourth-order valence-corrected chi connectivity index (χ4v) is 4.05. The molecule has 1 saturated carbocycles. The Hall–Kier alpha value is -2.44. The van der Waals surface area contributed by atoms with Gasteiger partial charge in [-0.25, -0.2) is 8.78 Å². The molecule has 0 unspecified atom stereocenters. The molecule has 2 fully saturated rings. The van der Waals surface area contributed by atoms with E-state index in [9.17, 15) is 18.4 Å². The van der Waals surface area contributed by atoms with Crippen molar-refractivity contribution in [3.05, 3.63) is 35.5 Å². The number of aromatic nitrogens is 1. The zero-order valence-electron chi connectivity index (χ0n) is 15.4. The van der Waals surface area contributed by atoms with Crippen LogP contribution in [0.4, 0.5) is 8.78 Å². The molecule has 2 amide bonds. The average molecular weight is 379 g/mol. The molecular formula is C20H27F2N3O2. The van der Waals surface area contributed by atoms with Crippen molar-refractivity contribution in [2.24, 2.45) is 5.41 Å². The van der Waals surface area contributed by atoms with E-state index in [1.165, 1.54) is 4.90 Å². The Morgan fingerprint density at radius 1 is 1.37 bits per heavy atom. The smallest absolute Gasteiger partial charge is 0.268 e. The van der Waals surface area contributed by atoms with Gasteiger partial charge in [-0.2, -0.15) is 0 Å². The fraction of sp³-hybridized carbons (Fsp3) is 0.500. The van der Waals surface area contributed by atoms with Crippen LogP contribution in [0.5, 0.6) is 0 Å². The van der Waals surface area contributed by atoms with Crippen LogP contribution in [0.15, 0.2) is 24.3 Å². The van der Waals surface area contributed by atoms with Crippen molar-refractivity contribution in [2.45, 2.75) is 45.1 Å². The Balaban J connectivity index is 0.00000150. The van der Waals surface area contributed by atoms with E-state index in [1.807, 2.05) is 25.1 Å². The lowest BCUT2D eigenvalue weighted by Gasteiger charge is -2.23. The number of likely N-dealkylation sites (tertiary alicyclic amines) is 1. The number of hydrogen-bond acceptors (Lipinski definition) is 2. The first-order valence-corrected chi connectivity index (χ1v) is 9.31. The summed E-state index contributed by atoms with van der Waals surface area (Å²) in [5.74, 6) is -3.30. The summed E-state index contributed by atoms with van der Waals surface area (Å²) in [7, 11) is 0. The molecule has 1 aliphatic carbocycles. The highest BCUT2D eigenvalue weighted by atomic mass is 19.3. The second kappa shape index (κ2) is 6.04. The number of benzene rings is 1. The summed E-state index contributed by atoms with van der Waals surface area (Å²) in [6, 6.07) is 6.88. The second-order valence-electron chi connectivity index (χ2n) is 7.88. The standard InChI is InChI=1S/C20H23F2N3O2.2H2/c1-3-14(18(27)25-7-6-19(11-25)10-20(19,21)22)24-17(26)16-9-13-8-12(2)4-5-15(13)23-16;;/h4-5,8-9,14,23H,3,6-7,10-11H2,1-2H3,(H,24,26);2*1H/t14-,19-;;/m0../s1. The van der Waals surface area contributed by atoms with Gasteiger partial charge in [-0.05, 0) is 38.0 Å². The maximum absolute atomic E-state index is 13.6. The summed E-state index contributed by atoms with van der Waals surface area (Å²) < 4.78 is 27.1. The van der Waals surface area contributed by atoms with Crippen LogP contribution in [0.3, 0.4) is 0 Å². The van der Waals surface area contributed by atoms with E-state index >= 15 is 0 Å². The number of hydrogen-bond donors (Lipinski definition) is 2. The molecular weight excluding hydrogens is 352 g/mol. The number of halogens is 2. The highest BCUT2D eigenvalue weighted by molar-refractivity contribution is 6.00. The minimum atomic E-state index is -2.66. The van der Waals surface area contributed by atoms with Gasteiger partial charge in [0.25, 0.3) is 11.8 Å². The molecule has 1 aliphatic heterocycles. The van der Waals surface area contributed by atoms with Gasteiger partial charge in [0.2, 0.25) is 5.91 Å². The number of aryl methyl sites for hydroxylation is 1. The predicted octanol–water partition coefficient (Wildman–Crippen LogP) is 3.73. The summed E-state index contributed by atoms with van der Waals surface area (Å²) in [6.07, 6.45) is 0.600. The van der Waals surface area contributed by atoms with E-state index < -0.39 is 17.4 Å². The van der Waals surface area contributed by atoms with Crippen molar-refractivity contribution in [1.82, 2.24) is 15.2 Å². The molecule has 27 heavy (non-hydrogen) atoms. The molecule has 2 heterocycles. The lowest BCUT2D eigenvalue weighted by atomic mass is 10.1. The third-order valence-corrected chi connectivity index (χ3v) is 5.91. The molecule has 1 saturated heterocycles. The molecule has 1 spiro atoms. The number of amides is 2. The monoisotopic (exact) mass is 379 g/mol. The van der Waals surface area contributed by atoms with E-state index in [1.54, 1.807) is 13.0 Å². The van der Waals surface area contributed by atoms with Gasteiger partial charge < -0.3 is 15.2 Å². The first-order chi connectivity index (χ1) is 12.7. The molecule has 1 aromatic carbocycles. The Kier molecular flexibility index (Phi) is 4.01. The van der Waals surface area contributed by atoms with Crippen LogP contribution in [0.1, 0.15) is 45.1 Å². The average Bonchev–Trinajstić information content (AvgIpc) is 3.01. The maximum Gasteiger partial charge on any atom is 0.268 e. The van der Waals surface area contributed by atoms with Gasteiger partial charge in [0.05, 0.1) is 5.41 Å². The Morgan fingerprint density at radius 3 is 2.74 bits per heavy atom. The molecule has 1 aromatic heterocycles. The second-order valence-corrected chi connectivity index (χ2v) is 7.88. The molecule has 2 aromatic rings. The van der Waals surface area contributed by atoms with Crippen molar-refractivity contribution in [1.29, 1.82) is 0 Å². The van der Waals surface area contributed by atoms with Crippen molar-refractivity contribution >= 4 is 22.7 Å². The lowest BCUT2D eigenvalue weighted by Crippen LogP contribution is -2.47. The highest BCUT2D eigenvalue weighted by Crippen LogP contribution is 2.65. The van der Waals surface area contributed by atoms with Gasteiger partial charge in [-0.15, -0.1) is 0 Å². The van der Waals surface area contributed by atoms with Crippen molar-refractivity contribution in [3.8, 4) is 0 Å². The van der Waals surface area contributed by atoms with Crippen molar-refractivity contribution in [2.75, 3.05) is 13.1 Å². The van der Waals surface area contributed by atoms with Crippen molar-refractivity contribution < 1.29 is 21.2 Å². The molecule has 0 bridgehead atoms. The SMILES string of the molecule is CC[C@H](NC(=O)c1cc2cc(C)ccc2[nH]1)C(=O)N1CC[C@@]2(C1)CC2(F)F.[HH].[HH]. The molecule has 2 aliphatic rings. The third-order valence-electron chi connectivity index (χ3n) is 5.91. The summed E-state index contributed by atoms with van der Waals surface area (Å²) in [5, 5.41) is 3.68. The number of H-pyrrole nitrogens is 1. The number of nitrogens with one attached hydrogen (secondary N) is 2. The number of fused-ring (bicyclic) bond motifs is 1. The lowest BCUT2D eigenvalue weighted by molar-refractivity contribution is -0.132. The largest absolute Gasteiger partial charge is 0.351 e. The molecule has 4 rings (SSSR count). The van der Waals surface area contributed by atoms with Crippen molar-refractivity contribution in [3.63, 3.8) is 0 Å². The van der Waals surface area contributed by atoms with E-state index in [0.717, 1.165) is 16.5 Å². The molecule has 2 N–H and O–H groups in total. The fourth-order valence-electron chi connectivity index (χ4n) is 4.05. The predicted molar refractivity (Wildman–Crippen MR) is 102 cm³/mol. The van der Waals surface area contributed by atoms with E-state index in [-0.39, 0.29) is 27.6 Å². The van der Waals surface area contributed by atoms with Gasteiger partial charge >= 0.3 is 0 Å². The normalized spacial score (nSPS) is 24.4. The van der Waals surface area contributed by atoms with Crippen LogP contribution in [0.2, 0.25) is 0 Å². The minimum Gasteiger partial charge on any atom is -0.351 e. The Labute approximate surface area is 159 Å². The molecule has 2 atom stereocenters. The van der Waals surface area contributed by atoms with Crippen LogP contribution >= 0.6 is 0 Å². The first kappa shape index (κ1) is 17.9. The summed E-state index contributed by atoms with van der Waals surface area (Å²) in [5.41, 5.74) is 1.30. The van der Waals surface area contributed by atoms with E-state index in [4.69, 9.17) is 0 Å². The summed E-state index contributed by atoms with van der Waals surface area (Å²) in [6.45, 7) is 4.18. The molecule has 5 nitrogen and oxygen atoms in total. The van der Waals surface area contributed by atoms with Crippen LogP contribution < -0.4 is 5.32 Å². The highest BCUT2D eigenvalue weighted by Gasteiger charge is 2.73. The van der Waals surface area contributed by atoms with Gasteiger partial charge in [0, 0.05) is 33.3 Å². The number of alkyl halides is 2. The topological polar surface area (TPSA) is 65.2 Å². The number of nitrogens with zero attached hydrogens (tertiary/aromatic N) is 1. The third kappa shape index (κ3) is 2.99. The minimum absolute atomic E-state index is 0. The summed E-state index contributed by atoms with van der Waals surface area (Å²) in [4.78, 5) is 29.9. The van der Waals surface area contributed by atoms with Gasteiger partial charge in [0.15, 0.2) is 0 Å². The molecule has 7 heteroatoms. The van der Waals surface area contributed by atoms with E-state index in [2.05, 4.69) is 10.3 Å². The van der Waals surface area contributed by atoms with Gasteiger partial charge in [-0.1, -0.05) is 18.6 Å². The summed E-state index contributed by atoms with van der Waals surface area (Å²) >= 11 is 0.